The molecule has 1 saturated carbocycles. The second kappa shape index (κ2) is 3.08. The Kier molecular flexibility index (Phi) is 1.91. The van der Waals surface area contributed by atoms with Gasteiger partial charge in [-0.05, 0) is 24.6 Å². The van der Waals surface area contributed by atoms with Crippen LogP contribution < -0.4 is 11.1 Å². The van der Waals surface area contributed by atoms with E-state index in [4.69, 9.17) is 11.0 Å². The minimum Gasteiger partial charge on any atom is -0.381 e. The zero-order valence-corrected chi connectivity index (χ0v) is 7.20. The van der Waals surface area contributed by atoms with Gasteiger partial charge in [0.2, 0.25) is 0 Å². The lowest BCUT2D eigenvalue weighted by atomic mass is 10.2. The first kappa shape index (κ1) is 8.09. The monoisotopic (exact) mass is 173 g/mol. The third-order valence-corrected chi connectivity index (χ3v) is 2.18. The van der Waals surface area contributed by atoms with Gasteiger partial charge in [0.25, 0.3) is 0 Å². The molecule has 3 N–H and O–H groups in total. The number of nitrogens with one attached hydrogen (secondary N) is 1. The molecule has 1 aromatic carbocycles. The molecule has 0 saturated heterocycles. The van der Waals surface area contributed by atoms with Gasteiger partial charge in [-0.1, -0.05) is 6.07 Å². The minimum absolute atomic E-state index is 0.283. The van der Waals surface area contributed by atoms with Gasteiger partial charge in [-0.2, -0.15) is 5.26 Å². The van der Waals surface area contributed by atoms with Gasteiger partial charge in [-0.3, -0.25) is 0 Å². The Morgan fingerprint density at radius 1 is 1.54 bits per heavy atom. The molecule has 0 bridgehead atoms. The number of hydrogen-bond acceptors (Lipinski definition) is 3. The molecule has 0 amide bonds. The molecule has 13 heavy (non-hydrogen) atoms. The average molecular weight is 173 g/mol. The minimum atomic E-state index is 0.283. The number of anilines is 1. The van der Waals surface area contributed by atoms with Crippen LogP contribution in [0.25, 0.3) is 0 Å². The molecular weight excluding hydrogens is 162 g/mol. The van der Waals surface area contributed by atoms with Crippen LogP contribution in [-0.2, 0) is 0 Å². The summed E-state index contributed by atoms with van der Waals surface area (Å²) in [7, 11) is 0. The summed E-state index contributed by atoms with van der Waals surface area (Å²) < 4.78 is 0. The van der Waals surface area contributed by atoms with Gasteiger partial charge in [0.1, 0.15) is 0 Å². The van der Waals surface area contributed by atoms with E-state index in [2.05, 4.69) is 11.4 Å². The summed E-state index contributed by atoms with van der Waals surface area (Å²) >= 11 is 0. The molecule has 3 heteroatoms. The zero-order valence-electron chi connectivity index (χ0n) is 7.20. The molecular formula is C10H11N3. The molecule has 0 heterocycles. The first-order chi connectivity index (χ1) is 6.29. The Morgan fingerprint density at radius 2 is 2.31 bits per heavy atom. The number of nitrogens with zero attached hydrogens (tertiary/aromatic N) is 1. The molecule has 1 aromatic rings. The summed E-state index contributed by atoms with van der Waals surface area (Å²) in [5, 5.41) is 11.9. The Bertz CT molecular complexity index is 353. The van der Waals surface area contributed by atoms with E-state index in [9.17, 15) is 0 Å². The maximum Gasteiger partial charge on any atom is 0.0992 e. The van der Waals surface area contributed by atoms with E-state index in [0.29, 0.717) is 11.6 Å². The predicted molar refractivity (Wildman–Crippen MR) is 51.2 cm³/mol. The molecule has 0 aliphatic heterocycles. The van der Waals surface area contributed by atoms with Gasteiger partial charge in [0.15, 0.2) is 0 Å². The van der Waals surface area contributed by atoms with Gasteiger partial charge in [0, 0.05) is 17.8 Å². The lowest BCUT2D eigenvalue weighted by molar-refractivity contribution is 1.01. The third-order valence-electron chi connectivity index (χ3n) is 2.18. The molecule has 1 aliphatic rings. The second-order valence-electron chi connectivity index (χ2n) is 3.34. The van der Waals surface area contributed by atoms with Crippen molar-refractivity contribution in [3.8, 4) is 6.07 Å². The van der Waals surface area contributed by atoms with Crippen molar-refractivity contribution in [1.29, 1.82) is 5.26 Å². The topological polar surface area (TPSA) is 61.8 Å². The van der Waals surface area contributed by atoms with Gasteiger partial charge in [-0.25, -0.2) is 0 Å². The van der Waals surface area contributed by atoms with Crippen LogP contribution in [0.3, 0.4) is 0 Å². The molecule has 1 fully saturated rings. The van der Waals surface area contributed by atoms with Crippen LogP contribution in [0.1, 0.15) is 12.0 Å². The largest absolute Gasteiger partial charge is 0.381 e. The maximum atomic E-state index is 8.66. The van der Waals surface area contributed by atoms with Crippen molar-refractivity contribution in [1.82, 2.24) is 0 Å². The summed E-state index contributed by atoms with van der Waals surface area (Å²) in [6.45, 7) is 0. The first-order valence-corrected chi connectivity index (χ1v) is 4.32. The molecule has 2 unspecified atom stereocenters. The molecule has 3 nitrogen and oxygen atoms in total. The molecule has 1 aliphatic carbocycles. The summed E-state index contributed by atoms with van der Waals surface area (Å²) in [4.78, 5) is 0. The van der Waals surface area contributed by atoms with Gasteiger partial charge in [-0.15, -0.1) is 0 Å². The molecule has 0 aromatic heterocycles. The van der Waals surface area contributed by atoms with Gasteiger partial charge in [0.05, 0.1) is 11.6 Å². The summed E-state index contributed by atoms with van der Waals surface area (Å²) in [6.07, 6.45) is 1.02. The normalized spacial score (nSPS) is 24.9. The summed E-state index contributed by atoms with van der Waals surface area (Å²) in [6, 6.07) is 10.2. The van der Waals surface area contributed by atoms with E-state index in [1.54, 1.807) is 6.07 Å². The highest BCUT2D eigenvalue weighted by molar-refractivity contribution is 5.51. The van der Waals surface area contributed by atoms with Crippen molar-refractivity contribution < 1.29 is 0 Å². The van der Waals surface area contributed by atoms with Crippen molar-refractivity contribution in [2.45, 2.75) is 18.5 Å². The Hall–Kier alpha value is -1.53. The van der Waals surface area contributed by atoms with Crippen molar-refractivity contribution in [2.24, 2.45) is 5.73 Å². The van der Waals surface area contributed by atoms with Crippen molar-refractivity contribution in [3.05, 3.63) is 29.8 Å². The highest BCUT2D eigenvalue weighted by atomic mass is 15.0. The van der Waals surface area contributed by atoms with E-state index >= 15 is 0 Å². The van der Waals surface area contributed by atoms with Crippen LogP contribution in [0.4, 0.5) is 5.69 Å². The van der Waals surface area contributed by atoms with Crippen molar-refractivity contribution >= 4 is 5.69 Å². The predicted octanol–water partition coefficient (Wildman–Crippen LogP) is 1.07. The highest BCUT2D eigenvalue weighted by Gasteiger charge is 2.33. The average Bonchev–Trinajstić information content (AvgIpc) is 2.82. The molecule has 2 atom stereocenters. The summed E-state index contributed by atoms with van der Waals surface area (Å²) in [5.74, 6) is 0. The first-order valence-electron chi connectivity index (χ1n) is 4.32. The van der Waals surface area contributed by atoms with Crippen LogP contribution in [-0.4, -0.2) is 12.1 Å². The lowest BCUT2D eigenvalue weighted by Crippen LogP contribution is -2.13. The summed E-state index contributed by atoms with van der Waals surface area (Å²) in [5.41, 5.74) is 7.32. The number of rotatable bonds is 2. The Balaban J connectivity index is 2.08. The zero-order chi connectivity index (χ0) is 9.26. The molecule has 0 radical (unpaired) electrons. The van der Waals surface area contributed by atoms with E-state index in [1.807, 2.05) is 18.2 Å². The third kappa shape index (κ3) is 1.79. The van der Waals surface area contributed by atoms with E-state index in [-0.39, 0.29) is 6.04 Å². The lowest BCUT2D eigenvalue weighted by Gasteiger charge is -2.03. The van der Waals surface area contributed by atoms with E-state index in [1.165, 1.54) is 0 Å². The van der Waals surface area contributed by atoms with E-state index in [0.717, 1.165) is 12.1 Å². The van der Waals surface area contributed by atoms with Crippen LogP contribution >= 0.6 is 0 Å². The van der Waals surface area contributed by atoms with Crippen molar-refractivity contribution in [3.63, 3.8) is 0 Å². The number of nitriles is 1. The maximum absolute atomic E-state index is 8.66. The fourth-order valence-electron chi connectivity index (χ4n) is 1.27. The van der Waals surface area contributed by atoms with E-state index < -0.39 is 0 Å². The Morgan fingerprint density at radius 3 is 2.92 bits per heavy atom. The molecule has 0 spiro atoms. The smallest absolute Gasteiger partial charge is 0.0992 e. The fourth-order valence-corrected chi connectivity index (χ4v) is 1.27. The number of nitrogens with two attached hydrogens (primary N) is 1. The fraction of sp³-hybridized carbons (Fsp3) is 0.300. The molecule has 66 valence electrons. The van der Waals surface area contributed by atoms with Crippen LogP contribution in [0.15, 0.2) is 24.3 Å². The van der Waals surface area contributed by atoms with Gasteiger partial charge >= 0.3 is 0 Å². The molecule has 2 rings (SSSR count). The quantitative estimate of drug-likeness (QED) is 0.703. The second-order valence-corrected chi connectivity index (χ2v) is 3.34. The highest BCUT2D eigenvalue weighted by Crippen LogP contribution is 2.23. The van der Waals surface area contributed by atoms with Gasteiger partial charge < -0.3 is 11.1 Å². The van der Waals surface area contributed by atoms with Crippen molar-refractivity contribution in [2.75, 3.05) is 5.32 Å². The Labute approximate surface area is 77.2 Å². The van der Waals surface area contributed by atoms with Crippen LogP contribution in [0, 0.1) is 11.3 Å². The standard InChI is InChI=1S/C10H11N3/c11-6-7-2-1-3-8(4-7)13-10-5-9(10)12/h1-4,9-10,13H,5,12H2. The number of hydrogen-bond donors (Lipinski definition) is 2. The number of benzene rings is 1. The SMILES string of the molecule is N#Cc1cccc(NC2CC2N)c1. The van der Waals surface area contributed by atoms with Crippen LogP contribution in [0.5, 0.6) is 0 Å². The van der Waals surface area contributed by atoms with Crippen LogP contribution in [0.2, 0.25) is 0 Å².